The van der Waals surface area contributed by atoms with Crippen LogP contribution in [0.25, 0.3) is 11.1 Å². The van der Waals surface area contributed by atoms with E-state index < -0.39 is 29.5 Å². The second-order valence-corrected chi connectivity index (χ2v) is 10.4. The van der Waals surface area contributed by atoms with E-state index >= 15 is 0 Å². The van der Waals surface area contributed by atoms with E-state index in [9.17, 15) is 14.0 Å². The molecule has 0 aliphatic carbocycles. The fourth-order valence-electron chi connectivity index (χ4n) is 3.91. The van der Waals surface area contributed by atoms with Crippen LogP contribution < -0.4 is 10.1 Å². The molecule has 8 nitrogen and oxygen atoms in total. The molecule has 2 heterocycles. The maximum Gasteiger partial charge on any atom is 0.411 e. The normalized spacial score (nSPS) is 18.2. The number of aromatic nitrogens is 1. The number of halogens is 3. The first-order valence-corrected chi connectivity index (χ1v) is 12.2. The van der Waals surface area contributed by atoms with Crippen molar-refractivity contribution in [3.8, 4) is 5.75 Å². The van der Waals surface area contributed by atoms with Crippen molar-refractivity contribution in [3.05, 3.63) is 58.2 Å². The predicted octanol–water partition coefficient (Wildman–Crippen LogP) is 5.91. The molecule has 1 aliphatic heterocycles. The highest BCUT2D eigenvalue weighted by Gasteiger charge is 2.38. The Morgan fingerprint density at radius 2 is 1.97 bits per heavy atom. The summed E-state index contributed by atoms with van der Waals surface area (Å²) < 4.78 is 30.5. The van der Waals surface area contributed by atoms with Crippen molar-refractivity contribution in [2.24, 2.45) is 0 Å². The van der Waals surface area contributed by atoms with Gasteiger partial charge in [0.25, 0.3) is 5.91 Å². The van der Waals surface area contributed by atoms with Gasteiger partial charge in [-0.25, -0.2) is 14.2 Å². The first kappa shape index (κ1) is 26.0. The highest BCUT2D eigenvalue weighted by molar-refractivity contribution is 6.31. The van der Waals surface area contributed by atoms with Crippen LogP contribution in [0.5, 0.6) is 5.75 Å². The molecule has 1 saturated heterocycles. The van der Waals surface area contributed by atoms with E-state index in [0.717, 1.165) is 6.07 Å². The van der Waals surface area contributed by atoms with E-state index in [-0.39, 0.29) is 30.0 Å². The minimum Gasteiger partial charge on any atom is -0.484 e. The van der Waals surface area contributed by atoms with Crippen molar-refractivity contribution in [1.29, 1.82) is 0 Å². The van der Waals surface area contributed by atoms with Gasteiger partial charge < -0.3 is 19.2 Å². The van der Waals surface area contributed by atoms with Crippen molar-refractivity contribution in [2.75, 3.05) is 13.2 Å². The molecule has 0 bridgehead atoms. The zero-order valence-electron chi connectivity index (χ0n) is 20.0. The minimum absolute atomic E-state index is 0.0344. The summed E-state index contributed by atoms with van der Waals surface area (Å²) in [5.74, 6) is -0.491. The second kappa shape index (κ2) is 10.5. The molecular formula is C25H26Cl2FN3O5. The number of hydrogen-bond donors (Lipinski definition) is 1. The molecule has 0 spiro atoms. The fourth-order valence-corrected chi connectivity index (χ4v) is 4.20. The minimum atomic E-state index is -0.714. The highest BCUT2D eigenvalue weighted by atomic mass is 35.5. The van der Waals surface area contributed by atoms with Gasteiger partial charge in [-0.15, -0.1) is 0 Å². The van der Waals surface area contributed by atoms with Crippen molar-refractivity contribution in [3.63, 3.8) is 0 Å². The molecule has 0 unspecified atom stereocenters. The number of oxazole rings is 1. The van der Waals surface area contributed by atoms with Crippen LogP contribution in [0.4, 0.5) is 9.18 Å². The Kier molecular flexibility index (Phi) is 7.61. The summed E-state index contributed by atoms with van der Waals surface area (Å²) in [5, 5.41) is 3.36. The number of carbonyl (C=O) groups is 2. The van der Waals surface area contributed by atoms with E-state index in [1.165, 1.54) is 17.0 Å². The molecule has 2 atom stereocenters. The summed E-state index contributed by atoms with van der Waals surface area (Å²) in [6, 6.07) is 8.23. The highest BCUT2D eigenvalue weighted by Crippen LogP contribution is 2.34. The molecular weight excluding hydrogens is 512 g/mol. The monoisotopic (exact) mass is 537 g/mol. The average molecular weight is 538 g/mol. The van der Waals surface area contributed by atoms with Gasteiger partial charge in [0.15, 0.2) is 12.2 Å². The van der Waals surface area contributed by atoms with Crippen LogP contribution in [0.3, 0.4) is 0 Å². The molecule has 4 rings (SSSR count). The number of hydrogen-bond acceptors (Lipinski definition) is 6. The summed E-state index contributed by atoms with van der Waals surface area (Å²) in [5.41, 5.74) is 0.437. The molecule has 1 aliphatic rings. The number of fused-ring (bicyclic) bond motifs is 1. The van der Waals surface area contributed by atoms with Crippen LogP contribution in [-0.2, 0) is 9.53 Å². The molecule has 1 aromatic heterocycles. The Morgan fingerprint density at radius 3 is 2.69 bits per heavy atom. The Labute approximate surface area is 217 Å². The molecule has 1 fully saturated rings. The Balaban J connectivity index is 1.45. The van der Waals surface area contributed by atoms with Crippen LogP contribution in [0, 0.1) is 5.82 Å². The lowest BCUT2D eigenvalue weighted by molar-refractivity contribution is -0.124. The third kappa shape index (κ3) is 6.39. The van der Waals surface area contributed by atoms with E-state index in [0.29, 0.717) is 34.9 Å². The topological polar surface area (TPSA) is 93.9 Å². The quantitative estimate of drug-likeness (QED) is 0.434. The van der Waals surface area contributed by atoms with Crippen LogP contribution in [0.1, 0.15) is 45.5 Å². The van der Waals surface area contributed by atoms with Gasteiger partial charge in [-0.3, -0.25) is 9.69 Å². The van der Waals surface area contributed by atoms with Gasteiger partial charge in [0.1, 0.15) is 28.7 Å². The summed E-state index contributed by atoms with van der Waals surface area (Å²) in [4.78, 5) is 31.7. The first-order chi connectivity index (χ1) is 17.0. The number of piperidine rings is 1. The molecule has 192 valence electrons. The van der Waals surface area contributed by atoms with Gasteiger partial charge in [-0.1, -0.05) is 23.2 Å². The molecule has 2 aromatic carbocycles. The van der Waals surface area contributed by atoms with Crippen molar-refractivity contribution < 1.29 is 27.9 Å². The second-order valence-electron chi connectivity index (χ2n) is 9.52. The van der Waals surface area contributed by atoms with E-state index in [2.05, 4.69) is 10.3 Å². The molecule has 0 radical (unpaired) electrons. The smallest absolute Gasteiger partial charge is 0.411 e. The van der Waals surface area contributed by atoms with Gasteiger partial charge in [0.2, 0.25) is 5.89 Å². The lowest BCUT2D eigenvalue weighted by atomic mass is 9.98. The summed E-state index contributed by atoms with van der Waals surface area (Å²) in [6.45, 7) is 5.20. The number of rotatable bonds is 5. The largest absolute Gasteiger partial charge is 0.484 e. The molecule has 0 saturated carbocycles. The van der Waals surface area contributed by atoms with Gasteiger partial charge >= 0.3 is 6.09 Å². The van der Waals surface area contributed by atoms with E-state index in [1.807, 2.05) is 0 Å². The maximum absolute atomic E-state index is 13.6. The summed E-state index contributed by atoms with van der Waals surface area (Å²) in [6.07, 6.45) is 0.498. The van der Waals surface area contributed by atoms with E-state index in [4.69, 9.17) is 37.1 Å². The maximum atomic E-state index is 13.6. The third-order valence-electron chi connectivity index (χ3n) is 5.49. The summed E-state index contributed by atoms with van der Waals surface area (Å²) in [7, 11) is 0. The van der Waals surface area contributed by atoms with Crippen LogP contribution in [0.2, 0.25) is 10.0 Å². The number of likely N-dealkylation sites (tertiary alicyclic amines) is 1. The van der Waals surface area contributed by atoms with Gasteiger partial charge in [0.05, 0.1) is 5.02 Å². The Morgan fingerprint density at radius 1 is 1.19 bits per heavy atom. The van der Waals surface area contributed by atoms with Crippen molar-refractivity contribution >= 4 is 46.3 Å². The zero-order valence-corrected chi connectivity index (χ0v) is 21.5. The number of carbonyl (C=O) groups excluding carboxylic acids is 2. The number of nitrogens with zero attached hydrogens (tertiary/aromatic N) is 2. The van der Waals surface area contributed by atoms with E-state index in [1.54, 1.807) is 39.0 Å². The van der Waals surface area contributed by atoms with Gasteiger partial charge in [-0.2, -0.15) is 0 Å². The van der Waals surface area contributed by atoms with Crippen LogP contribution in [-0.4, -0.2) is 46.7 Å². The molecule has 1 N–H and O–H groups in total. The van der Waals surface area contributed by atoms with Gasteiger partial charge in [-0.05, 0) is 63.9 Å². The molecule has 36 heavy (non-hydrogen) atoms. The Bertz CT molecular complexity index is 1280. The number of nitrogens with one attached hydrogen (secondary N) is 1. The zero-order chi connectivity index (χ0) is 26.0. The molecule has 3 aromatic rings. The molecule has 11 heteroatoms. The lowest BCUT2D eigenvalue weighted by Crippen LogP contribution is -2.52. The van der Waals surface area contributed by atoms with Crippen molar-refractivity contribution in [1.82, 2.24) is 15.2 Å². The summed E-state index contributed by atoms with van der Waals surface area (Å²) >= 11 is 11.7. The van der Waals surface area contributed by atoms with Gasteiger partial charge in [0, 0.05) is 23.7 Å². The number of ether oxygens (including phenoxy) is 2. The lowest BCUT2D eigenvalue weighted by Gasteiger charge is -2.38. The third-order valence-corrected chi connectivity index (χ3v) is 6.03. The molecule has 2 amide bonds. The Hall–Kier alpha value is -3.04. The predicted molar refractivity (Wildman–Crippen MR) is 133 cm³/mol. The SMILES string of the molecule is CC(C)(C)OC(=O)N1C[C@@H](NC(=O)COc2ccc(Cl)c(F)c2)CC[C@@H]1c1nc2cc(Cl)ccc2o1. The van der Waals surface area contributed by atoms with Crippen LogP contribution >= 0.6 is 23.2 Å². The standard InChI is InChI=1S/C25H26Cl2FN3O5/c1-25(2,3)36-24(33)31-12-15(29-22(32)13-34-16-6-7-17(27)18(28)11-16)5-8-20(31)23-30-19-10-14(26)4-9-21(19)35-23/h4,6-7,9-11,15,20H,5,8,12-13H2,1-3H3,(H,29,32)/t15-,20+/m0/s1. The van der Waals surface area contributed by atoms with Crippen LogP contribution in [0.15, 0.2) is 40.8 Å². The first-order valence-electron chi connectivity index (χ1n) is 11.4. The average Bonchev–Trinajstić information content (AvgIpc) is 3.21. The van der Waals surface area contributed by atoms with Crippen molar-refractivity contribution in [2.45, 2.75) is 51.3 Å². The number of amides is 2. The fraction of sp³-hybridized carbons (Fsp3) is 0.400. The number of benzene rings is 2.